The fraction of sp³-hybridized carbons (Fsp3) is 0.348. The third-order valence-electron chi connectivity index (χ3n) is 4.47. The van der Waals surface area contributed by atoms with Crippen LogP contribution < -0.4 is 10.1 Å². The van der Waals surface area contributed by atoms with Gasteiger partial charge in [-0.25, -0.2) is 17.6 Å². The first-order valence-electron chi connectivity index (χ1n) is 9.87. The number of hydrogen-bond acceptors (Lipinski definition) is 3. The Hall–Kier alpha value is -2.67. The molecule has 1 N–H and O–H groups in total. The van der Waals surface area contributed by atoms with Gasteiger partial charge in [0, 0.05) is 12.1 Å². The standard InChI is InChI=1S/C23H25F4NO2/c1-2-3-10-28-11-6-4-5-7-12-30-22-15-20(26)18(14-21(22)27)23(29)17-9-8-16(24)13-19(17)25/h2,8-9,13-15,28H,1,3-7,10-12H2. The van der Waals surface area contributed by atoms with Gasteiger partial charge in [-0.1, -0.05) is 18.9 Å². The molecule has 0 saturated heterocycles. The molecule has 0 aliphatic rings. The molecule has 0 aromatic heterocycles. The maximum atomic E-state index is 14.3. The highest BCUT2D eigenvalue weighted by Crippen LogP contribution is 2.25. The maximum Gasteiger partial charge on any atom is 0.199 e. The summed E-state index contributed by atoms with van der Waals surface area (Å²) in [5.41, 5.74) is -1.18. The Bertz CT molecular complexity index is 871. The van der Waals surface area contributed by atoms with E-state index < -0.39 is 40.2 Å². The zero-order chi connectivity index (χ0) is 21.9. The van der Waals surface area contributed by atoms with Gasteiger partial charge in [-0.3, -0.25) is 4.79 Å². The second-order valence-corrected chi connectivity index (χ2v) is 6.81. The number of rotatable bonds is 13. The Labute approximate surface area is 173 Å². The average Bonchev–Trinajstić information content (AvgIpc) is 2.71. The quantitative estimate of drug-likeness (QED) is 0.198. The number of ketones is 1. The van der Waals surface area contributed by atoms with Gasteiger partial charge < -0.3 is 10.1 Å². The number of benzene rings is 2. The summed E-state index contributed by atoms with van der Waals surface area (Å²) >= 11 is 0. The minimum Gasteiger partial charge on any atom is -0.490 e. The Morgan fingerprint density at radius 1 is 0.900 bits per heavy atom. The number of carbonyl (C=O) groups excluding carboxylic acids is 1. The molecule has 0 atom stereocenters. The largest absolute Gasteiger partial charge is 0.490 e. The molecule has 0 aliphatic carbocycles. The first kappa shape index (κ1) is 23.6. The second kappa shape index (κ2) is 12.1. The highest BCUT2D eigenvalue weighted by Gasteiger charge is 2.21. The monoisotopic (exact) mass is 423 g/mol. The van der Waals surface area contributed by atoms with E-state index in [4.69, 9.17) is 4.74 Å². The molecule has 0 spiro atoms. The molecule has 0 aliphatic heterocycles. The Morgan fingerprint density at radius 2 is 1.63 bits per heavy atom. The predicted molar refractivity (Wildman–Crippen MR) is 108 cm³/mol. The molecule has 0 heterocycles. The third kappa shape index (κ3) is 6.99. The van der Waals surface area contributed by atoms with Crippen LogP contribution in [-0.2, 0) is 0 Å². The molecule has 2 rings (SSSR count). The van der Waals surface area contributed by atoms with E-state index in [2.05, 4.69) is 11.9 Å². The number of unbranched alkanes of at least 4 members (excludes halogenated alkanes) is 3. The van der Waals surface area contributed by atoms with Crippen LogP contribution in [0.15, 0.2) is 43.0 Å². The summed E-state index contributed by atoms with van der Waals surface area (Å²) in [6.07, 6.45) is 6.34. The molecule has 30 heavy (non-hydrogen) atoms. The van der Waals surface area contributed by atoms with Crippen molar-refractivity contribution in [3.63, 3.8) is 0 Å². The molecule has 0 fully saturated rings. The minimum absolute atomic E-state index is 0.208. The van der Waals surface area contributed by atoms with E-state index in [0.717, 1.165) is 57.0 Å². The van der Waals surface area contributed by atoms with E-state index in [9.17, 15) is 22.4 Å². The van der Waals surface area contributed by atoms with E-state index >= 15 is 0 Å². The SMILES string of the molecule is C=CCCNCCCCCCOc1cc(F)c(C(=O)c2ccc(F)cc2F)cc1F. The van der Waals surface area contributed by atoms with Gasteiger partial charge in [0.2, 0.25) is 0 Å². The van der Waals surface area contributed by atoms with Gasteiger partial charge in [-0.15, -0.1) is 6.58 Å². The van der Waals surface area contributed by atoms with Gasteiger partial charge in [0.25, 0.3) is 0 Å². The van der Waals surface area contributed by atoms with Gasteiger partial charge in [-0.05, 0) is 50.6 Å². The summed E-state index contributed by atoms with van der Waals surface area (Å²) in [5, 5.41) is 3.29. The van der Waals surface area contributed by atoms with E-state index in [1.54, 1.807) is 0 Å². The Kier molecular flexibility index (Phi) is 9.54. The molecule has 0 amide bonds. The highest BCUT2D eigenvalue weighted by molar-refractivity contribution is 6.09. The molecule has 2 aromatic carbocycles. The van der Waals surface area contributed by atoms with Gasteiger partial charge in [0.1, 0.15) is 17.5 Å². The van der Waals surface area contributed by atoms with E-state index in [-0.39, 0.29) is 12.4 Å². The molecule has 0 bridgehead atoms. The summed E-state index contributed by atoms with van der Waals surface area (Å²) < 4.78 is 60.6. The number of nitrogens with one attached hydrogen (secondary N) is 1. The highest BCUT2D eigenvalue weighted by atomic mass is 19.1. The van der Waals surface area contributed by atoms with Gasteiger partial charge in [0.05, 0.1) is 17.7 Å². The summed E-state index contributed by atoms with van der Waals surface area (Å²) in [6.45, 7) is 5.68. The first-order valence-corrected chi connectivity index (χ1v) is 9.87. The third-order valence-corrected chi connectivity index (χ3v) is 4.47. The summed E-state index contributed by atoms with van der Waals surface area (Å²) in [5.74, 6) is -5.36. The van der Waals surface area contributed by atoms with Crippen LogP contribution in [0, 0.1) is 23.3 Å². The van der Waals surface area contributed by atoms with E-state index in [1.807, 2.05) is 6.08 Å². The molecule has 7 heteroatoms. The lowest BCUT2D eigenvalue weighted by Crippen LogP contribution is -2.15. The minimum atomic E-state index is -1.14. The normalized spacial score (nSPS) is 10.8. The van der Waals surface area contributed by atoms with Crippen molar-refractivity contribution in [1.29, 1.82) is 0 Å². The maximum absolute atomic E-state index is 14.3. The van der Waals surface area contributed by atoms with Crippen LogP contribution in [0.3, 0.4) is 0 Å². The zero-order valence-corrected chi connectivity index (χ0v) is 16.7. The fourth-order valence-corrected chi connectivity index (χ4v) is 2.85. The van der Waals surface area contributed by atoms with Crippen LogP contribution in [0.4, 0.5) is 17.6 Å². The van der Waals surface area contributed by atoms with Crippen LogP contribution in [-0.4, -0.2) is 25.5 Å². The van der Waals surface area contributed by atoms with Crippen LogP contribution in [0.25, 0.3) is 0 Å². The van der Waals surface area contributed by atoms with E-state index in [1.165, 1.54) is 0 Å². The van der Waals surface area contributed by atoms with Gasteiger partial charge in [0.15, 0.2) is 17.3 Å². The summed E-state index contributed by atoms with van der Waals surface area (Å²) in [6, 6.07) is 3.72. The Balaban J connectivity index is 1.84. The molecule has 2 aromatic rings. The van der Waals surface area contributed by atoms with Crippen LogP contribution >= 0.6 is 0 Å². The van der Waals surface area contributed by atoms with Crippen molar-refractivity contribution >= 4 is 5.78 Å². The predicted octanol–water partition coefficient (Wildman–Crippen LogP) is 5.58. The molecule has 0 unspecified atom stereocenters. The fourth-order valence-electron chi connectivity index (χ4n) is 2.85. The molecule has 0 radical (unpaired) electrons. The smallest absolute Gasteiger partial charge is 0.199 e. The lowest BCUT2D eigenvalue weighted by molar-refractivity contribution is 0.103. The Morgan fingerprint density at radius 3 is 2.37 bits per heavy atom. The van der Waals surface area contributed by atoms with Crippen molar-refractivity contribution in [2.75, 3.05) is 19.7 Å². The zero-order valence-electron chi connectivity index (χ0n) is 16.7. The lowest BCUT2D eigenvalue weighted by atomic mass is 10.0. The molecule has 0 saturated carbocycles. The van der Waals surface area contributed by atoms with Gasteiger partial charge in [-0.2, -0.15) is 0 Å². The summed E-state index contributed by atoms with van der Waals surface area (Å²) in [7, 11) is 0. The number of halogens is 4. The van der Waals surface area contributed by atoms with Crippen molar-refractivity contribution in [2.45, 2.75) is 32.1 Å². The number of ether oxygens (including phenoxy) is 1. The molecular formula is C23H25F4NO2. The van der Waals surface area contributed by atoms with Crippen LogP contribution in [0.5, 0.6) is 5.75 Å². The molecular weight excluding hydrogens is 398 g/mol. The first-order chi connectivity index (χ1) is 14.4. The topological polar surface area (TPSA) is 38.3 Å². The van der Waals surface area contributed by atoms with Crippen LogP contribution in [0.1, 0.15) is 48.0 Å². The number of hydrogen-bond donors (Lipinski definition) is 1. The average molecular weight is 423 g/mol. The van der Waals surface area contributed by atoms with Crippen molar-refractivity contribution < 1.29 is 27.1 Å². The summed E-state index contributed by atoms with van der Waals surface area (Å²) in [4.78, 5) is 12.3. The molecule has 162 valence electrons. The lowest BCUT2D eigenvalue weighted by Gasteiger charge is -2.10. The van der Waals surface area contributed by atoms with Gasteiger partial charge >= 0.3 is 0 Å². The van der Waals surface area contributed by atoms with Crippen molar-refractivity contribution in [2.24, 2.45) is 0 Å². The van der Waals surface area contributed by atoms with E-state index in [0.29, 0.717) is 18.6 Å². The molecule has 3 nitrogen and oxygen atoms in total. The van der Waals surface area contributed by atoms with Crippen molar-refractivity contribution in [3.05, 3.63) is 77.4 Å². The van der Waals surface area contributed by atoms with Crippen molar-refractivity contribution in [1.82, 2.24) is 5.32 Å². The van der Waals surface area contributed by atoms with Crippen LogP contribution in [0.2, 0.25) is 0 Å². The second-order valence-electron chi connectivity index (χ2n) is 6.81. The number of carbonyl (C=O) groups is 1. The van der Waals surface area contributed by atoms with Crippen molar-refractivity contribution in [3.8, 4) is 5.75 Å².